The van der Waals surface area contributed by atoms with E-state index in [0.717, 1.165) is 49.7 Å². The molecule has 1 spiro atoms. The van der Waals surface area contributed by atoms with Crippen LogP contribution in [0.3, 0.4) is 0 Å². The minimum absolute atomic E-state index is 0.0355. The first-order valence-electron chi connectivity index (χ1n) is 8.84. The summed E-state index contributed by atoms with van der Waals surface area (Å²) in [5.74, 6) is -0.0508. The Morgan fingerprint density at radius 2 is 1.83 bits per heavy atom. The summed E-state index contributed by atoms with van der Waals surface area (Å²) in [6.45, 7) is 4.00. The van der Waals surface area contributed by atoms with Crippen LogP contribution in [0.5, 0.6) is 0 Å². The Morgan fingerprint density at radius 1 is 1.13 bits per heavy atom. The van der Waals surface area contributed by atoms with Gasteiger partial charge >= 0.3 is 0 Å². The number of hydrogen-bond acceptors (Lipinski definition) is 1. The number of halogens is 2. The van der Waals surface area contributed by atoms with Crippen molar-refractivity contribution >= 4 is 21.8 Å². The maximum absolute atomic E-state index is 13.4. The number of amides is 1. The summed E-state index contributed by atoms with van der Waals surface area (Å²) >= 11 is 3.59. The van der Waals surface area contributed by atoms with E-state index in [1.807, 2.05) is 19.9 Å². The van der Waals surface area contributed by atoms with Crippen LogP contribution in [-0.4, -0.2) is 16.8 Å². The molecular weight excluding hydrogens is 357 g/mol. The fourth-order valence-corrected chi connectivity index (χ4v) is 4.68. The summed E-state index contributed by atoms with van der Waals surface area (Å²) in [6.07, 6.45) is 11.0. The fourth-order valence-electron chi connectivity index (χ4n) is 3.86. The van der Waals surface area contributed by atoms with Gasteiger partial charge in [0.2, 0.25) is 0 Å². The Balaban J connectivity index is 0.000000924. The van der Waals surface area contributed by atoms with Crippen molar-refractivity contribution in [3.05, 3.63) is 34.7 Å². The monoisotopic (exact) mass is 383 g/mol. The molecule has 1 aliphatic heterocycles. The van der Waals surface area contributed by atoms with Crippen LogP contribution in [0, 0.1) is 0 Å². The Morgan fingerprint density at radius 3 is 2.48 bits per heavy atom. The van der Waals surface area contributed by atoms with Gasteiger partial charge in [-0.1, -0.05) is 55.1 Å². The zero-order valence-electron chi connectivity index (χ0n) is 14.2. The molecular formula is C19H27BrFNO. The Kier molecular flexibility index (Phi) is 6.63. The predicted molar refractivity (Wildman–Crippen MR) is 97.3 cm³/mol. The summed E-state index contributed by atoms with van der Waals surface area (Å²) in [4.78, 5) is 12.6. The van der Waals surface area contributed by atoms with Crippen molar-refractivity contribution in [3.8, 4) is 0 Å². The molecule has 23 heavy (non-hydrogen) atoms. The quantitative estimate of drug-likeness (QED) is 0.626. The van der Waals surface area contributed by atoms with E-state index < -0.39 is 0 Å². The molecule has 1 N–H and O–H groups in total. The van der Waals surface area contributed by atoms with Crippen molar-refractivity contribution in [2.24, 2.45) is 0 Å². The van der Waals surface area contributed by atoms with E-state index in [1.54, 1.807) is 0 Å². The number of rotatable bonds is 2. The lowest BCUT2D eigenvalue weighted by Crippen LogP contribution is -2.46. The van der Waals surface area contributed by atoms with Gasteiger partial charge in [-0.25, -0.2) is 4.39 Å². The first-order valence-corrected chi connectivity index (χ1v) is 9.96. The van der Waals surface area contributed by atoms with E-state index in [4.69, 9.17) is 0 Å². The van der Waals surface area contributed by atoms with Crippen LogP contribution in [0.4, 0.5) is 4.39 Å². The average molecular weight is 384 g/mol. The van der Waals surface area contributed by atoms with Crippen LogP contribution in [0.25, 0.3) is 0 Å². The van der Waals surface area contributed by atoms with Gasteiger partial charge in [0.25, 0.3) is 5.91 Å². The summed E-state index contributed by atoms with van der Waals surface area (Å²) < 4.78 is 13.4. The lowest BCUT2D eigenvalue weighted by Gasteiger charge is -2.35. The molecule has 0 bridgehead atoms. The lowest BCUT2D eigenvalue weighted by atomic mass is 9.77. The van der Waals surface area contributed by atoms with Crippen LogP contribution >= 0.6 is 15.9 Å². The number of alkyl halides is 1. The highest BCUT2D eigenvalue weighted by Gasteiger charge is 2.45. The van der Waals surface area contributed by atoms with Gasteiger partial charge in [0.15, 0.2) is 0 Å². The molecule has 1 saturated carbocycles. The number of carbonyl (C=O) groups excluding carboxylic acids is 1. The van der Waals surface area contributed by atoms with E-state index in [1.165, 1.54) is 18.1 Å². The molecule has 0 aromatic rings. The number of nitrogens with one attached hydrogen (secondary N) is 1. The predicted octanol–water partition coefficient (Wildman–Crippen LogP) is 5.50. The molecule has 0 atom stereocenters. The Labute approximate surface area is 147 Å². The van der Waals surface area contributed by atoms with Crippen molar-refractivity contribution in [1.29, 1.82) is 0 Å². The van der Waals surface area contributed by atoms with Gasteiger partial charge in [0.1, 0.15) is 0 Å². The summed E-state index contributed by atoms with van der Waals surface area (Å²) in [7, 11) is 0. The van der Waals surface area contributed by atoms with Gasteiger partial charge in [-0.15, -0.1) is 0 Å². The van der Waals surface area contributed by atoms with Gasteiger partial charge in [-0.2, -0.15) is 0 Å². The molecule has 0 saturated heterocycles. The molecule has 0 unspecified atom stereocenters. The third-order valence-corrected chi connectivity index (χ3v) is 5.51. The number of carbonyl (C=O) groups is 1. The maximum Gasteiger partial charge on any atom is 0.252 e. The highest BCUT2D eigenvalue weighted by Crippen LogP contribution is 2.43. The molecule has 1 heterocycles. The minimum Gasteiger partial charge on any atom is -0.343 e. The number of hydrogen-bond donors (Lipinski definition) is 1. The highest BCUT2D eigenvalue weighted by molar-refractivity contribution is 9.09. The van der Waals surface area contributed by atoms with Crippen LogP contribution in [-0.2, 0) is 4.79 Å². The average Bonchev–Trinajstić information content (AvgIpc) is 2.70. The van der Waals surface area contributed by atoms with Crippen LogP contribution in [0.15, 0.2) is 34.7 Å². The van der Waals surface area contributed by atoms with E-state index in [0.29, 0.717) is 11.8 Å². The molecule has 0 aromatic carbocycles. The topological polar surface area (TPSA) is 29.1 Å². The highest BCUT2D eigenvalue weighted by atomic mass is 79.9. The second-order valence-electron chi connectivity index (χ2n) is 6.24. The van der Waals surface area contributed by atoms with E-state index in [-0.39, 0.29) is 17.3 Å². The van der Waals surface area contributed by atoms with Crippen molar-refractivity contribution in [2.45, 2.75) is 70.8 Å². The molecule has 3 aliphatic rings. The Hall–Kier alpha value is -0.900. The zero-order valence-corrected chi connectivity index (χ0v) is 15.8. The van der Waals surface area contributed by atoms with E-state index in [2.05, 4.69) is 21.2 Å². The molecule has 0 aromatic heterocycles. The van der Waals surface area contributed by atoms with Gasteiger partial charge in [0, 0.05) is 10.9 Å². The molecule has 0 radical (unpaired) electrons. The van der Waals surface area contributed by atoms with E-state index in [9.17, 15) is 9.18 Å². The van der Waals surface area contributed by atoms with Crippen LogP contribution in [0.1, 0.15) is 65.2 Å². The normalized spacial score (nSPS) is 23.6. The largest absolute Gasteiger partial charge is 0.343 e. The number of allylic oxidation sites excluding steroid dienone is 3. The Bertz CT molecular complexity index is 542. The second-order valence-corrected chi connectivity index (χ2v) is 6.80. The maximum atomic E-state index is 13.4. The smallest absolute Gasteiger partial charge is 0.252 e. The van der Waals surface area contributed by atoms with Crippen molar-refractivity contribution in [3.63, 3.8) is 0 Å². The van der Waals surface area contributed by atoms with Crippen molar-refractivity contribution in [1.82, 2.24) is 5.32 Å². The first kappa shape index (κ1) is 18.4. The molecule has 4 heteroatoms. The van der Waals surface area contributed by atoms with Gasteiger partial charge in [-0.05, 0) is 49.3 Å². The minimum atomic E-state index is -0.149. The van der Waals surface area contributed by atoms with Gasteiger partial charge < -0.3 is 5.32 Å². The summed E-state index contributed by atoms with van der Waals surface area (Å²) in [5.41, 5.74) is 2.86. The van der Waals surface area contributed by atoms with Gasteiger partial charge in [-0.3, -0.25) is 4.79 Å². The summed E-state index contributed by atoms with van der Waals surface area (Å²) in [6, 6.07) is 0. The lowest BCUT2D eigenvalue weighted by molar-refractivity contribution is -0.117. The molecule has 3 rings (SSSR count). The molecule has 1 fully saturated rings. The molecule has 1 amide bonds. The van der Waals surface area contributed by atoms with Crippen molar-refractivity contribution in [2.75, 3.05) is 5.33 Å². The third-order valence-electron chi connectivity index (χ3n) is 4.95. The standard InChI is InChI=1S/C17H21BrFNO.C2H6/c18-11-14-15(12-5-4-6-13(19)8-7-12)16(21)20-17(14)9-2-1-3-10-17;1-2/h7-8H,1-6,9-11H2,(H,20,21);1-2H3. The second kappa shape index (κ2) is 8.27. The third kappa shape index (κ3) is 3.78. The van der Waals surface area contributed by atoms with Gasteiger partial charge in [0.05, 0.1) is 11.4 Å². The molecule has 128 valence electrons. The first-order chi connectivity index (χ1) is 11.2. The SMILES string of the molecule is CC.O=C1NC2(CCCCC2)C(CBr)=C1C1=CC=C(F)CCC1. The fraction of sp³-hybridized carbons (Fsp3) is 0.632. The van der Waals surface area contributed by atoms with Crippen LogP contribution in [0.2, 0.25) is 0 Å². The van der Waals surface area contributed by atoms with Crippen LogP contribution < -0.4 is 5.32 Å². The molecule has 2 nitrogen and oxygen atoms in total. The molecule has 2 aliphatic carbocycles. The summed E-state index contributed by atoms with van der Waals surface area (Å²) in [5, 5.41) is 3.96. The van der Waals surface area contributed by atoms with Crippen molar-refractivity contribution < 1.29 is 9.18 Å². The zero-order chi connectivity index (χ0) is 16.9. The van der Waals surface area contributed by atoms with E-state index >= 15 is 0 Å².